The highest BCUT2D eigenvalue weighted by atomic mass is 16.6. The predicted molar refractivity (Wildman–Crippen MR) is 78.7 cm³/mol. The minimum atomic E-state index is -1.30. The van der Waals surface area contributed by atoms with Crippen molar-refractivity contribution in [2.24, 2.45) is 5.92 Å². The van der Waals surface area contributed by atoms with Crippen LogP contribution in [-0.2, 0) is 24.7 Å². The van der Waals surface area contributed by atoms with Gasteiger partial charge in [0.25, 0.3) is 0 Å². The molecular formula is C17H22O4. The number of rotatable bonds is 4. The van der Waals surface area contributed by atoms with Crippen LogP contribution in [0.5, 0.6) is 0 Å². The van der Waals surface area contributed by atoms with Gasteiger partial charge in [-0.2, -0.15) is 0 Å². The summed E-state index contributed by atoms with van der Waals surface area (Å²) in [6, 6.07) is 9.17. The first-order valence-electron chi connectivity index (χ1n) is 7.48. The van der Waals surface area contributed by atoms with Crippen molar-refractivity contribution >= 4 is 11.8 Å². The average Bonchev–Trinajstić information content (AvgIpc) is 2.51. The quantitative estimate of drug-likeness (QED) is 0.800. The van der Waals surface area contributed by atoms with Gasteiger partial charge in [-0.05, 0) is 18.9 Å². The summed E-state index contributed by atoms with van der Waals surface area (Å²) < 4.78 is 11.3. The molecular weight excluding hydrogens is 268 g/mol. The second-order valence-corrected chi connectivity index (χ2v) is 5.41. The van der Waals surface area contributed by atoms with Crippen molar-refractivity contribution in [3.8, 4) is 0 Å². The van der Waals surface area contributed by atoms with Crippen molar-refractivity contribution in [2.45, 2.75) is 45.3 Å². The average molecular weight is 290 g/mol. The molecule has 1 aromatic carbocycles. The lowest BCUT2D eigenvalue weighted by atomic mass is 9.79. The van der Waals surface area contributed by atoms with E-state index in [0.29, 0.717) is 12.0 Å². The Balaban J connectivity index is 2.46. The Labute approximate surface area is 125 Å². The minimum Gasteiger partial charge on any atom is -0.464 e. The monoisotopic (exact) mass is 290 g/mol. The predicted octanol–water partition coefficient (Wildman–Crippen LogP) is 2.85. The lowest BCUT2D eigenvalue weighted by Crippen LogP contribution is -2.52. The van der Waals surface area contributed by atoms with Crippen molar-refractivity contribution in [3.05, 3.63) is 35.9 Å². The Morgan fingerprint density at radius 3 is 2.57 bits per heavy atom. The highest BCUT2D eigenvalue weighted by Gasteiger charge is 2.51. The minimum absolute atomic E-state index is 0.0352. The number of ketones is 1. The Kier molecular flexibility index (Phi) is 4.78. The van der Waals surface area contributed by atoms with Crippen LogP contribution in [0.25, 0.3) is 0 Å². The zero-order valence-corrected chi connectivity index (χ0v) is 12.8. The van der Waals surface area contributed by atoms with Crippen molar-refractivity contribution in [2.75, 3.05) is 6.61 Å². The number of esters is 1. The third kappa shape index (κ3) is 2.86. The van der Waals surface area contributed by atoms with Crippen LogP contribution in [-0.4, -0.2) is 24.5 Å². The Bertz CT molecular complexity index is 511. The molecule has 4 heteroatoms. The van der Waals surface area contributed by atoms with Gasteiger partial charge in [0, 0.05) is 5.92 Å². The molecule has 1 aliphatic heterocycles. The molecule has 0 radical (unpaired) electrons. The number of hydrogen-bond donors (Lipinski definition) is 0. The van der Waals surface area contributed by atoms with Crippen molar-refractivity contribution in [1.29, 1.82) is 0 Å². The van der Waals surface area contributed by atoms with Gasteiger partial charge in [0.2, 0.25) is 0 Å². The summed E-state index contributed by atoms with van der Waals surface area (Å²) in [5.74, 6) is -0.624. The molecule has 21 heavy (non-hydrogen) atoms. The van der Waals surface area contributed by atoms with Crippen LogP contribution in [0.3, 0.4) is 0 Å². The van der Waals surface area contributed by atoms with E-state index in [9.17, 15) is 9.59 Å². The van der Waals surface area contributed by atoms with Gasteiger partial charge >= 0.3 is 5.97 Å². The molecule has 0 amide bonds. The van der Waals surface area contributed by atoms with Gasteiger partial charge in [-0.1, -0.05) is 44.2 Å². The highest BCUT2D eigenvalue weighted by Crippen LogP contribution is 2.40. The maximum atomic E-state index is 12.5. The van der Waals surface area contributed by atoms with Crippen LogP contribution in [0.1, 0.15) is 39.2 Å². The van der Waals surface area contributed by atoms with E-state index in [0.717, 1.165) is 0 Å². The smallest absolute Gasteiger partial charge is 0.343 e. The number of carbonyl (C=O) groups excluding carboxylic acids is 2. The van der Waals surface area contributed by atoms with Gasteiger partial charge in [-0.25, -0.2) is 4.79 Å². The van der Waals surface area contributed by atoms with Crippen LogP contribution in [0, 0.1) is 5.92 Å². The van der Waals surface area contributed by atoms with Crippen LogP contribution in [0.15, 0.2) is 30.3 Å². The van der Waals surface area contributed by atoms with Crippen molar-refractivity contribution in [1.82, 2.24) is 0 Å². The van der Waals surface area contributed by atoms with E-state index in [4.69, 9.17) is 9.47 Å². The third-order valence-corrected chi connectivity index (χ3v) is 4.09. The van der Waals surface area contributed by atoms with E-state index in [1.807, 2.05) is 44.2 Å². The van der Waals surface area contributed by atoms with E-state index < -0.39 is 11.6 Å². The molecule has 3 atom stereocenters. The van der Waals surface area contributed by atoms with Gasteiger partial charge in [-0.3, -0.25) is 4.79 Å². The lowest BCUT2D eigenvalue weighted by Gasteiger charge is -2.41. The molecule has 114 valence electrons. The molecule has 1 heterocycles. The van der Waals surface area contributed by atoms with Gasteiger partial charge in [-0.15, -0.1) is 0 Å². The molecule has 0 N–H and O–H groups in total. The van der Waals surface area contributed by atoms with E-state index in [2.05, 4.69) is 0 Å². The van der Waals surface area contributed by atoms with E-state index in [1.165, 1.54) is 0 Å². The van der Waals surface area contributed by atoms with Gasteiger partial charge in [0.05, 0.1) is 19.1 Å². The zero-order chi connectivity index (χ0) is 15.5. The highest BCUT2D eigenvalue weighted by molar-refractivity contribution is 5.92. The number of carbonyl (C=O) groups is 2. The summed E-state index contributed by atoms with van der Waals surface area (Å²) in [4.78, 5) is 24.9. The number of benzene rings is 1. The molecule has 0 aliphatic carbocycles. The molecule has 1 aromatic rings. The molecule has 1 fully saturated rings. The summed E-state index contributed by atoms with van der Waals surface area (Å²) in [5.41, 5.74) is -0.621. The Hall–Kier alpha value is -1.68. The summed E-state index contributed by atoms with van der Waals surface area (Å²) in [6.45, 7) is 5.83. The normalized spacial score (nSPS) is 29.2. The maximum Gasteiger partial charge on any atom is 0.343 e. The molecule has 0 bridgehead atoms. The molecule has 1 saturated heterocycles. The van der Waals surface area contributed by atoms with Crippen molar-refractivity contribution in [3.63, 3.8) is 0 Å². The maximum absolute atomic E-state index is 12.5. The Morgan fingerprint density at radius 1 is 1.33 bits per heavy atom. The third-order valence-electron chi connectivity index (χ3n) is 4.09. The van der Waals surface area contributed by atoms with E-state index >= 15 is 0 Å². The molecule has 0 spiro atoms. The summed E-state index contributed by atoms with van der Waals surface area (Å²) in [6.07, 6.45) is 0.449. The molecule has 0 saturated carbocycles. The summed E-state index contributed by atoms with van der Waals surface area (Å²) >= 11 is 0. The standard InChI is InChI=1S/C17H22O4/c1-4-15-12(3)14(18)11-17(21-15,16(19)20-5-2)13-9-7-6-8-10-13/h6-10,12,15H,4-5,11H2,1-3H3/t12-,15-,17?/m1/s1. The fourth-order valence-corrected chi connectivity index (χ4v) is 2.82. The van der Waals surface area contributed by atoms with Gasteiger partial charge < -0.3 is 9.47 Å². The number of ether oxygens (including phenoxy) is 2. The summed E-state index contributed by atoms with van der Waals surface area (Å²) in [7, 11) is 0. The topological polar surface area (TPSA) is 52.6 Å². The van der Waals surface area contributed by atoms with Crippen LogP contribution < -0.4 is 0 Å². The molecule has 1 unspecified atom stereocenters. The molecule has 1 aliphatic rings. The molecule has 2 rings (SSSR count). The molecule has 4 nitrogen and oxygen atoms in total. The first-order valence-corrected chi connectivity index (χ1v) is 7.48. The second-order valence-electron chi connectivity index (χ2n) is 5.41. The zero-order valence-electron chi connectivity index (χ0n) is 12.8. The second kappa shape index (κ2) is 6.39. The van der Waals surface area contributed by atoms with Crippen LogP contribution in [0.4, 0.5) is 0 Å². The fraction of sp³-hybridized carbons (Fsp3) is 0.529. The lowest BCUT2D eigenvalue weighted by molar-refractivity contribution is -0.200. The number of hydrogen-bond acceptors (Lipinski definition) is 4. The first kappa shape index (κ1) is 15.7. The van der Waals surface area contributed by atoms with Gasteiger partial charge in [0.1, 0.15) is 5.78 Å². The van der Waals surface area contributed by atoms with Crippen LogP contribution in [0.2, 0.25) is 0 Å². The van der Waals surface area contributed by atoms with Gasteiger partial charge in [0.15, 0.2) is 5.60 Å². The van der Waals surface area contributed by atoms with Crippen molar-refractivity contribution < 1.29 is 19.1 Å². The van der Waals surface area contributed by atoms with E-state index in [-0.39, 0.29) is 30.8 Å². The summed E-state index contributed by atoms with van der Waals surface area (Å²) in [5, 5.41) is 0. The fourth-order valence-electron chi connectivity index (χ4n) is 2.82. The largest absolute Gasteiger partial charge is 0.464 e. The SMILES string of the molecule is CCOC(=O)C1(c2ccccc2)CC(=O)[C@@H](C)[C@@H](CC)O1. The number of Topliss-reactive ketones (excluding diaryl/α,β-unsaturated/α-hetero) is 1. The molecule has 0 aromatic heterocycles. The Morgan fingerprint density at radius 2 is 2.00 bits per heavy atom. The van der Waals surface area contributed by atoms with E-state index in [1.54, 1.807) is 6.92 Å². The van der Waals surface area contributed by atoms with Crippen LogP contribution >= 0.6 is 0 Å². The first-order chi connectivity index (χ1) is 10.0.